The van der Waals surface area contributed by atoms with E-state index in [0.29, 0.717) is 12.8 Å². The van der Waals surface area contributed by atoms with Crippen molar-refractivity contribution < 1.29 is 19.1 Å². The van der Waals surface area contributed by atoms with Gasteiger partial charge in [-0.1, -0.05) is 59.5 Å². The lowest BCUT2D eigenvalue weighted by molar-refractivity contribution is -0.141. The highest BCUT2D eigenvalue weighted by Crippen LogP contribution is 2.06. The highest BCUT2D eigenvalue weighted by molar-refractivity contribution is 5.93. The minimum atomic E-state index is -0.672. The molecule has 8 heteroatoms. The van der Waals surface area contributed by atoms with Crippen LogP contribution in [-0.2, 0) is 19.1 Å². The fourth-order valence-electron chi connectivity index (χ4n) is 3.47. The molecule has 0 bridgehead atoms. The molecule has 0 aromatic carbocycles. The summed E-state index contributed by atoms with van der Waals surface area (Å²) in [7, 11) is 0. The molecule has 0 fully saturated rings. The Morgan fingerprint density at radius 2 is 1.15 bits per heavy atom. The third kappa shape index (κ3) is 18.7. The first-order valence-corrected chi connectivity index (χ1v) is 14.8. The molecule has 0 saturated carbocycles. The number of ether oxygens (including phenoxy) is 2. The summed E-state index contributed by atoms with van der Waals surface area (Å²) in [4.78, 5) is 32.2. The molecule has 0 spiro atoms. The molecule has 40 heavy (non-hydrogen) atoms. The molecule has 222 valence electrons. The van der Waals surface area contributed by atoms with Crippen LogP contribution < -0.4 is 0 Å². The molecule has 0 aliphatic carbocycles. The maximum absolute atomic E-state index is 12.2. The summed E-state index contributed by atoms with van der Waals surface area (Å²) in [5.41, 5.74) is -0.134. The van der Waals surface area contributed by atoms with Gasteiger partial charge in [0.2, 0.25) is 0 Å². The molecule has 0 aliphatic heterocycles. The Hall–Kier alpha value is -3.52. The molecule has 0 aromatic rings. The number of allylic oxidation sites excluding steroid dienone is 4. The Morgan fingerprint density at radius 1 is 0.725 bits per heavy atom. The van der Waals surface area contributed by atoms with Gasteiger partial charge in [0, 0.05) is 26.2 Å². The van der Waals surface area contributed by atoms with Gasteiger partial charge in [-0.25, -0.2) is 9.64 Å². The summed E-state index contributed by atoms with van der Waals surface area (Å²) in [6.07, 6.45) is 20.0. The summed E-state index contributed by atoms with van der Waals surface area (Å²) < 4.78 is 10.4. The second-order valence-electron chi connectivity index (χ2n) is 9.50. The van der Waals surface area contributed by atoms with Crippen LogP contribution in [0.15, 0.2) is 48.0 Å². The van der Waals surface area contributed by atoms with Crippen LogP contribution >= 0.6 is 0 Å². The number of unbranched alkanes of at least 4 members (excludes halogenated alkanes) is 5. The van der Waals surface area contributed by atoms with Crippen LogP contribution in [0.1, 0.15) is 91.9 Å². The third-order valence-corrected chi connectivity index (χ3v) is 5.98. The highest BCUT2D eigenvalue weighted by Gasteiger charge is 2.11. The van der Waals surface area contributed by atoms with E-state index < -0.39 is 11.9 Å². The van der Waals surface area contributed by atoms with Gasteiger partial charge in [-0.15, -0.1) is 0 Å². The van der Waals surface area contributed by atoms with Gasteiger partial charge in [-0.3, -0.25) is 4.79 Å². The normalized spacial score (nSPS) is 11.8. The Balaban J connectivity index is 4.58. The van der Waals surface area contributed by atoms with Crippen molar-refractivity contribution in [3.8, 4) is 6.07 Å². The van der Waals surface area contributed by atoms with Crippen molar-refractivity contribution in [2.45, 2.75) is 91.9 Å². The quantitative estimate of drug-likeness (QED) is 0.0338. The number of hydrogen-bond acceptors (Lipinski definition) is 7. The summed E-state index contributed by atoms with van der Waals surface area (Å²) >= 11 is 0. The van der Waals surface area contributed by atoms with Gasteiger partial charge in [-0.2, -0.15) is 5.26 Å². The van der Waals surface area contributed by atoms with E-state index in [4.69, 9.17) is 16.0 Å². The molecule has 0 rings (SSSR count). The van der Waals surface area contributed by atoms with E-state index in [1.165, 1.54) is 12.2 Å². The highest BCUT2D eigenvalue weighted by atomic mass is 16.5. The van der Waals surface area contributed by atoms with E-state index in [2.05, 4.69) is 42.3 Å². The van der Waals surface area contributed by atoms with Gasteiger partial charge in [0.25, 0.3) is 5.70 Å². The molecule has 0 unspecified atom stereocenters. The summed E-state index contributed by atoms with van der Waals surface area (Å²) in [6.45, 7) is 19.9. The maximum Gasteiger partial charge on any atom is 0.348 e. The van der Waals surface area contributed by atoms with Gasteiger partial charge in [0.1, 0.15) is 11.6 Å². The lowest BCUT2D eigenvalue weighted by Crippen LogP contribution is -2.19. The topological polar surface area (TPSA) is 87.2 Å². The number of nitriles is 1. The molecule has 0 aromatic heterocycles. The van der Waals surface area contributed by atoms with E-state index >= 15 is 0 Å². The Bertz CT molecular complexity index is 819. The predicted octanol–water partition coefficient (Wildman–Crippen LogP) is 6.94. The fourth-order valence-corrected chi connectivity index (χ4v) is 3.47. The molecule has 0 saturated heterocycles. The van der Waals surface area contributed by atoms with Crippen molar-refractivity contribution in [2.75, 3.05) is 39.4 Å². The van der Waals surface area contributed by atoms with E-state index in [9.17, 15) is 14.9 Å². The van der Waals surface area contributed by atoms with Crippen molar-refractivity contribution in [3.05, 3.63) is 59.4 Å². The fraction of sp³-hybridized carbons (Fsp3) is 0.625. The SMILES string of the molecule is [C-]#[N+]/C(=C/C=C/N(CCCC)CCCC)C(=O)OCCCCOC(=O)/C(C#N)=C\C=C\N(CCCC)CCCC. The first kappa shape index (κ1) is 36.5. The second kappa shape index (κ2) is 25.7. The largest absolute Gasteiger partial charge is 0.471 e. The lowest BCUT2D eigenvalue weighted by Gasteiger charge is -2.19. The zero-order valence-electron chi connectivity index (χ0n) is 25.2. The Morgan fingerprint density at radius 3 is 1.55 bits per heavy atom. The molecule has 0 amide bonds. The van der Waals surface area contributed by atoms with Gasteiger partial charge < -0.3 is 19.3 Å². The van der Waals surface area contributed by atoms with Gasteiger partial charge in [0.15, 0.2) is 0 Å². The molecule has 0 N–H and O–H groups in total. The van der Waals surface area contributed by atoms with E-state index in [-0.39, 0.29) is 24.5 Å². The number of nitrogens with zero attached hydrogens (tertiary/aromatic N) is 4. The van der Waals surface area contributed by atoms with Crippen LogP contribution in [0.3, 0.4) is 0 Å². The minimum Gasteiger partial charge on any atom is -0.471 e. The molecule has 0 radical (unpaired) electrons. The molecule has 0 atom stereocenters. The summed E-state index contributed by atoms with van der Waals surface area (Å²) in [6, 6.07) is 1.90. The first-order valence-electron chi connectivity index (χ1n) is 14.8. The van der Waals surface area contributed by atoms with E-state index in [0.717, 1.165) is 77.5 Å². The van der Waals surface area contributed by atoms with Crippen molar-refractivity contribution in [2.24, 2.45) is 0 Å². The third-order valence-electron chi connectivity index (χ3n) is 5.98. The molecule has 0 aliphatic rings. The van der Waals surface area contributed by atoms with Crippen LogP contribution in [0, 0.1) is 17.9 Å². The van der Waals surface area contributed by atoms with E-state index in [1.54, 1.807) is 12.2 Å². The monoisotopic (exact) mass is 554 g/mol. The standard InChI is InChI=1S/C32H50N4O4/c1-6-10-20-35(21-11-7-2)24-16-18-29(28-33)31(37)39-26-14-15-27-40-32(38)30(34-5)19-17-25-36(22-12-8-3)23-13-9-4/h16-19,24-25H,6-15,20-23,26-27H2,1-4H3/b24-16+,25-17+,29-18-,30-19+. The Kier molecular flexibility index (Phi) is 23.5. The van der Waals surface area contributed by atoms with Crippen molar-refractivity contribution >= 4 is 11.9 Å². The van der Waals surface area contributed by atoms with Crippen LogP contribution in [0.4, 0.5) is 0 Å². The number of carbonyl (C=O) groups excluding carboxylic acids is 2. The predicted molar refractivity (Wildman–Crippen MR) is 161 cm³/mol. The van der Waals surface area contributed by atoms with Crippen molar-refractivity contribution in [1.82, 2.24) is 9.80 Å². The summed E-state index contributed by atoms with van der Waals surface area (Å²) in [5.74, 6) is -1.34. The minimum absolute atomic E-state index is 0.0588. The van der Waals surface area contributed by atoms with Crippen LogP contribution in [0.2, 0.25) is 0 Å². The number of hydrogen-bond donors (Lipinski definition) is 0. The van der Waals surface area contributed by atoms with Crippen LogP contribution in [-0.4, -0.2) is 61.1 Å². The van der Waals surface area contributed by atoms with Gasteiger partial charge in [0.05, 0.1) is 19.8 Å². The Labute approximate surface area is 242 Å². The first-order chi connectivity index (χ1) is 19.5. The van der Waals surface area contributed by atoms with Crippen molar-refractivity contribution in [1.29, 1.82) is 5.26 Å². The van der Waals surface area contributed by atoms with Gasteiger partial charge in [-0.05, 0) is 69.2 Å². The smallest absolute Gasteiger partial charge is 0.348 e. The molecule has 8 nitrogen and oxygen atoms in total. The zero-order valence-corrected chi connectivity index (χ0v) is 25.2. The lowest BCUT2D eigenvalue weighted by atomic mass is 10.2. The average Bonchev–Trinajstić information content (AvgIpc) is 2.96. The molecular formula is C32H50N4O4. The number of carbonyl (C=O) groups is 2. The summed E-state index contributed by atoms with van der Waals surface area (Å²) in [5, 5.41) is 9.33. The number of esters is 2. The van der Waals surface area contributed by atoms with Crippen molar-refractivity contribution in [3.63, 3.8) is 0 Å². The number of rotatable bonds is 23. The van der Waals surface area contributed by atoms with Crippen LogP contribution in [0.25, 0.3) is 4.85 Å². The molecular weight excluding hydrogens is 504 g/mol. The second-order valence-corrected chi connectivity index (χ2v) is 9.50. The average molecular weight is 555 g/mol. The zero-order chi connectivity index (χ0) is 29.8. The van der Waals surface area contributed by atoms with Gasteiger partial charge >= 0.3 is 11.9 Å². The van der Waals surface area contributed by atoms with Crippen LogP contribution in [0.5, 0.6) is 0 Å². The molecule has 0 heterocycles. The van der Waals surface area contributed by atoms with E-state index in [1.807, 2.05) is 18.5 Å². The maximum atomic E-state index is 12.2.